The fourth-order valence-corrected chi connectivity index (χ4v) is 5.06. The second-order valence-corrected chi connectivity index (χ2v) is 9.03. The van der Waals surface area contributed by atoms with E-state index in [1.165, 1.54) is 47.6 Å². The SMILES string of the molecule is Cc1c(S(=O)(=O)N2CCN(c3ccc(=O)n(-c4ccc(F)cc4)n3)CC2)cnn1C(F)F. The summed E-state index contributed by atoms with van der Waals surface area (Å²) in [5.74, 6) is 0.0114. The molecular formula is C19H19F3N6O3S. The van der Waals surface area contributed by atoms with Gasteiger partial charge in [-0.1, -0.05) is 0 Å². The molecule has 0 radical (unpaired) electrons. The average molecular weight is 468 g/mol. The highest BCUT2D eigenvalue weighted by Crippen LogP contribution is 2.24. The summed E-state index contributed by atoms with van der Waals surface area (Å²) in [6.45, 7) is -0.909. The third kappa shape index (κ3) is 4.00. The van der Waals surface area contributed by atoms with Gasteiger partial charge in [-0.05, 0) is 37.3 Å². The first-order chi connectivity index (χ1) is 15.2. The summed E-state index contributed by atoms with van der Waals surface area (Å²) in [5, 5.41) is 7.80. The van der Waals surface area contributed by atoms with Crippen LogP contribution in [0.1, 0.15) is 12.2 Å². The lowest BCUT2D eigenvalue weighted by atomic mass is 10.3. The highest BCUT2D eigenvalue weighted by Gasteiger charge is 2.32. The topological polar surface area (TPSA) is 93.3 Å². The number of halogens is 3. The van der Waals surface area contributed by atoms with Crippen LogP contribution in [0, 0.1) is 12.7 Å². The fourth-order valence-electron chi connectivity index (χ4n) is 3.49. The summed E-state index contributed by atoms with van der Waals surface area (Å²) in [7, 11) is -3.99. The van der Waals surface area contributed by atoms with E-state index < -0.39 is 27.9 Å². The maximum Gasteiger partial charge on any atom is 0.333 e. The normalized spacial score (nSPS) is 15.5. The second-order valence-electron chi connectivity index (χ2n) is 7.13. The largest absolute Gasteiger partial charge is 0.353 e. The lowest BCUT2D eigenvalue weighted by Gasteiger charge is -2.34. The number of aromatic nitrogens is 4. The molecule has 4 rings (SSSR count). The Labute approximate surface area is 181 Å². The number of hydrogen-bond donors (Lipinski definition) is 0. The standard InChI is InChI=1S/C19H19F3N6O3S/c1-13-16(12-23-27(13)19(21)22)32(30,31)26-10-8-25(9-11-26)17-6-7-18(29)28(24-17)15-4-2-14(20)3-5-15/h2-7,12,19H,8-11H2,1H3. The summed E-state index contributed by atoms with van der Waals surface area (Å²) in [6.07, 6.45) is 0.934. The van der Waals surface area contributed by atoms with Crippen LogP contribution in [-0.4, -0.2) is 58.5 Å². The van der Waals surface area contributed by atoms with Crippen molar-refractivity contribution in [3.63, 3.8) is 0 Å². The van der Waals surface area contributed by atoms with Crippen LogP contribution in [0.4, 0.5) is 19.0 Å². The van der Waals surface area contributed by atoms with E-state index in [0.29, 0.717) is 16.2 Å². The van der Waals surface area contributed by atoms with Crippen LogP contribution in [0.2, 0.25) is 0 Å². The van der Waals surface area contributed by atoms with Gasteiger partial charge in [0.2, 0.25) is 10.0 Å². The molecule has 0 atom stereocenters. The number of piperazine rings is 1. The van der Waals surface area contributed by atoms with Gasteiger partial charge >= 0.3 is 6.55 Å². The number of sulfonamides is 1. The van der Waals surface area contributed by atoms with Crippen LogP contribution in [-0.2, 0) is 10.0 Å². The summed E-state index contributed by atoms with van der Waals surface area (Å²) in [6, 6.07) is 8.16. The Balaban J connectivity index is 1.52. The molecule has 1 fully saturated rings. The van der Waals surface area contributed by atoms with E-state index in [2.05, 4.69) is 10.2 Å². The molecule has 0 saturated carbocycles. The fraction of sp³-hybridized carbons (Fsp3) is 0.316. The Morgan fingerprint density at radius 3 is 2.25 bits per heavy atom. The molecule has 0 aliphatic carbocycles. The zero-order chi connectivity index (χ0) is 23.0. The Hall–Kier alpha value is -3.19. The number of anilines is 1. The summed E-state index contributed by atoms with van der Waals surface area (Å²) in [5.41, 5.74) is -0.130. The first kappa shape index (κ1) is 22.0. The maximum absolute atomic E-state index is 13.2. The van der Waals surface area contributed by atoms with Gasteiger partial charge < -0.3 is 4.90 Å². The maximum atomic E-state index is 13.2. The van der Waals surface area contributed by atoms with Crippen molar-refractivity contribution in [2.75, 3.05) is 31.1 Å². The summed E-state index contributed by atoms with van der Waals surface area (Å²) in [4.78, 5) is 13.8. The molecule has 0 bridgehead atoms. The third-order valence-electron chi connectivity index (χ3n) is 5.22. The molecule has 170 valence electrons. The van der Waals surface area contributed by atoms with Gasteiger partial charge in [0.05, 0.1) is 17.6 Å². The van der Waals surface area contributed by atoms with E-state index in [0.717, 1.165) is 10.9 Å². The van der Waals surface area contributed by atoms with E-state index >= 15 is 0 Å². The van der Waals surface area contributed by atoms with Crippen molar-refractivity contribution in [2.24, 2.45) is 0 Å². The van der Waals surface area contributed by atoms with Crippen molar-refractivity contribution < 1.29 is 21.6 Å². The number of nitrogens with zero attached hydrogens (tertiary/aromatic N) is 6. The molecule has 32 heavy (non-hydrogen) atoms. The minimum absolute atomic E-state index is 0.0962. The van der Waals surface area contributed by atoms with Crippen LogP contribution in [0.25, 0.3) is 5.69 Å². The van der Waals surface area contributed by atoms with Crippen molar-refractivity contribution in [1.82, 2.24) is 23.9 Å². The lowest BCUT2D eigenvalue weighted by Crippen LogP contribution is -2.49. The zero-order valence-corrected chi connectivity index (χ0v) is 17.7. The monoisotopic (exact) mass is 468 g/mol. The molecule has 0 spiro atoms. The van der Waals surface area contributed by atoms with Crippen LogP contribution >= 0.6 is 0 Å². The Morgan fingerprint density at radius 2 is 1.66 bits per heavy atom. The lowest BCUT2D eigenvalue weighted by molar-refractivity contribution is 0.0541. The van der Waals surface area contributed by atoms with Gasteiger partial charge in [0, 0.05) is 32.2 Å². The molecule has 3 aromatic rings. The number of hydrogen-bond acceptors (Lipinski definition) is 6. The van der Waals surface area contributed by atoms with E-state index in [-0.39, 0.29) is 36.8 Å². The highest BCUT2D eigenvalue weighted by atomic mass is 32.2. The first-order valence-corrected chi connectivity index (χ1v) is 11.1. The molecule has 2 aromatic heterocycles. The molecule has 13 heteroatoms. The average Bonchev–Trinajstić information content (AvgIpc) is 3.17. The van der Waals surface area contributed by atoms with Crippen LogP contribution in [0.3, 0.4) is 0 Å². The molecule has 1 saturated heterocycles. The number of benzene rings is 1. The van der Waals surface area contributed by atoms with Crippen molar-refractivity contribution in [1.29, 1.82) is 0 Å². The number of alkyl halides is 2. The molecule has 1 aliphatic rings. The van der Waals surface area contributed by atoms with Crippen LogP contribution < -0.4 is 10.5 Å². The van der Waals surface area contributed by atoms with E-state index in [1.54, 1.807) is 4.90 Å². The molecule has 3 heterocycles. The van der Waals surface area contributed by atoms with Gasteiger partial charge in [-0.3, -0.25) is 4.79 Å². The molecule has 1 aliphatic heterocycles. The van der Waals surface area contributed by atoms with E-state index in [1.807, 2.05) is 0 Å². The Kier molecular flexibility index (Phi) is 5.77. The Morgan fingerprint density at radius 1 is 1.00 bits per heavy atom. The van der Waals surface area contributed by atoms with E-state index in [4.69, 9.17) is 0 Å². The third-order valence-corrected chi connectivity index (χ3v) is 7.22. The predicted octanol–water partition coefficient (Wildman–Crippen LogP) is 1.78. The van der Waals surface area contributed by atoms with Crippen molar-refractivity contribution in [3.05, 3.63) is 64.5 Å². The molecule has 0 amide bonds. The van der Waals surface area contributed by atoms with Crippen LogP contribution in [0.15, 0.2) is 52.3 Å². The Bertz CT molecular complexity index is 1280. The molecule has 9 nitrogen and oxygen atoms in total. The van der Waals surface area contributed by atoms with Crippen molar-refractivity contribution in [3.8, 4) is 5.69 Å². The molecule has 0 N–H and O–H groups in total. The van der Waals surface area contributed by atoms with Crippen molar-refractivity contribution in [2.45, 2.75) is 18.4 Å². The van der Waals surface area contributed by atoms with Crippen LogP contribution in [0.5, 0.6) is 0 Å². The summed E-state index contributed by atoms with van der Waals surface area (Å²) >= 11 is 0. The zero-order valence-electron chi connectivity index (χ0n) is 16.9. The van der Waals surface area contributed by atoms with Gasteiger partial charge in [0.15, 0.2) is 0 Å². The number of rotatable bonds is 5. The smallest absolute Gasteiger partial charge is 0.333 e. The van der Waals surface area contributed by atoms with Gasteiger partial charge in [0.1, 0.15) is 16.5 Å². The second kappa shape index (κ2) is 8.39. The van der Waals surface area contributed by atoms with Gasteiger partial charge in [-0.2, -0.15) is 22.9 Å². The van der Waals surface area contributed by atoms with Gasteiger partial charge in [-0.15, -0.1) is 5.10 Å². The molecular weight excluding hydrogens is 449 g/mol. The minimum Gasteiger partial charge on any atom is -0.353 e. The predicted molar refractivity (Wildman–Crippen MR) is 109 cm³/mol. The first-order valence-electron chi connectivity index (χ1n) is 9.62. The molecule has 1 aromatic carbocycles. The highest BCUT2D eigenvalue weighted by molar-refractivity contribution is 7.89. The van der Waals surface area contributed by atoms with Gasteiger partial charge in [0.25, 0.3) is 5.56 Å². The summed E-state index contributed by atoms with van der Waals surface area (Å²) < 4.78 is 67.6. The minimum atomic E-state index is -3.99. The molecule has 0 unspecified atom stereocenters. The van der Waals surface area contributed by atoms with E-state index in [9.17, 15) is 26.4 Å². The quantitative estimate of drug-likeness (QED) is 0.567. The van der Waals surface area contributed by atoms with Crippen molar-refractivity contribution >= 4 is 15.8 Å². The van der Waals surface area contributed by atoms with Gasteiger partial charge in [-0.25, -0.2) is 17.5 Å².